The monoisotopic (exact) mass is 421 g/mol. The second kappa shape index (κ2) is 8.92. The first-order chi connectivity index (χ1) is 14.3. The molecule has 0 bridgehead atoms. The summed E-state index contributed by atoms with van der Waals surface area (Å²) < 4.78 is 0. The Labute approximate surface area is 179 Å². The normalized spacial score (nSPS) is 10.7. The molecule has 30 heavy (non-hydrogen) atoms. The van der Waals surface area contributed by atoms with Crippen LogP contribution in [0.2, 0.25) is 0 Å². The molecule has 0 saturated carbocycles. The lowest BCUT2D eigenvalue weighted by Crippen LogP contribution is -2.17. The highest BCUT2D eigenvalue weighted by atomic mass is 32.1. The molecule has 1 aromatic heterocycles. The first-order valence-electron chi connectivity index (χ1n) is 9.47. The van der Waals surface area contributed by atoms with Gasteiger partial charge in [0.25, 0.3) is 11.8 Å². The van der Waals surface area contributed by atoms with E-state index in [4.69, 9.17) is 5.73 Å². The van der Waals surface area contributed by atoms with Crippen molar-refractivity contribution in [2.24, 2.45) is 5.73 Å². The standard InChI is InChI=1S/C23H23N3O3S/c1-13(2)15-4-6-16(7-5-15)21(28)26-23-19(10-11-30-23)22(29)25-17-8-9-18(20(24)27)14(3)12-17/h4-13H,1-3H3,(H2,24,27)(H,25,29)(H,26,28). The fourth-order valence-corrected chi connectivity index (χ4v) is 3.78. The van der Waals surface area contributed by atoms with Crippen molar-refractivity contribution in [3.8, 4) is 0 Å². The Hall–Kier alpha value is -3.45. The van der Waals surface area contributed by atoms with Crippen LogP contribution < -0.4 is 16.4 Å². The predicted molar refractivity (Wildman–Crippen MR) is 120 cm³/mol. The molecule has 0 aliphatic rings. The molecule has 4 N–H and O–H groups in total. The minimum Gasteiger partial charge on any atom is -0.366 e. The fourth-order valence-electron chi connectivity index (χ4n) is 3.00. The van der Waals surface area contributed by atoms with E-state index in [-0.39, 0.29) is 11.8 Å². The summed E-state index contributed by atoms with van der Waals surface area (Å²) in [6.45, 7) is 5.93. The van der Waals surface area contributed by atoms with E-state index in [0.717, 1.165) is 5.56 Å². The van der Waals surface area contributed by atoms with E-state index < -0.39 is 5.91 Å². The Kier molecular flexibility index (Phi) is 6.32. The van der Waals surface area contributed by atoms with Crippen molar-refractivity contribution in [3.63, 3.8) is 0 Å². The number of rotatable bonds is 6. The van der Waals surface area contributed by atoms with Gasteiger partial charge in [-0.2, -0.15) is 0 Å². The van der Waals surface area contributed by atoms with Crippen LogP contribution in [0.5, 0.6) is 0 Å². The zero-order valence-corrected chi connectivity index (χ0v) is 17.8. The van der Waals surface area contributed by atoms with Gasteiger partial charge in [-0.1, -0.05) is 26.0 Å². The third kappa shape index (κ3) is 4.75. The second-order valence-corrected chi connectivity index (χ2v) is 8.16. The molecule has 0 aliphatic carbocycles. The van der Waals surface area contributed by atoms with Gasteiger partial charge in [-0.3, -0.25) is 14.4 Å². The highest BCUT2D eigenvalue weighted by molar-refractivity contribution is 7.14. The smallest absolute Gasteiger partial charge is 0.258 e. The molecule has 0 unspecified atom stereocenters. The Morgan fingerprint density at radius 3 is 2.20 bits per heavy atom. The zero-order chi connectivity index (χ0) is 21.8. The van der Waals surface area contributed by atoms with Gasteiger partial charge in [-0.25, -0.2) is 0 Å². The van der Waals surface area contributed by atoms with E-state index in [0.29, 0.717) is 38.9 Å². The van der Waals surface area contributed by atoms with Gasteiger partial charge in [-0.15, -0.1) is 11.3 Å². The number of aryl methyl sites for hydroxylation is 1. The average molecular weight is 422 g/mol. The molecule has 7 heteroatoms. The summed E-state index contributed by atoms with van der Waals surface area (Å²) >= 11 is 1.28. The van der Waals surface area contributed by atoms with E-state index in [1.54, 1.807) is 48.7 Å². The van der Waals surface area contributed by atoms with Gasteiger partial charge in [0.2, 0.25) is 5.91 Å². The van der Waals surface area contributed by atoms with E-state index in [2.05, 4.69) is 24.5 Å². The minimum absolute atomic E-state index is 0.275. The van der Waals surface area contributed by atoms with Crippen LogP contribution in [-0.2, 0) is 0 Å². The molecule has 2 aromatic carbocycles. The highest BCUT2D eigenvalue weighted by Gasteiger charge is 2.17. The van der Waals surface area contributed by atoms with Gasteiger partial charge in [-0.05, 0) is 65.7 Å². The molecule has 0 aliphatic heterocycles. The summed E-state index contributed by atoms with van der Waals surface area (Å²) in [4.78, 5) is 36.7. The Morgan fingerprint density at radius 1 is 0.900 bits per heavy atom. The van der Waals surface area contributed by atoms with Crippen molar-refractivity contribution in [1.29, 1.82) is 0 Å². The number of hydrogen-bond acceptors (Lipinski definition) is 4. The molecule has 0 atom stereocenters. The summed E-state index contributed by atoms with van der Waals surface area (Å²) in [5.41, 5.74) is 8.97. The maximum Gasteiger partial charge on any atom is 0.258 e. The highest BCUT2D eigenvalue weighted by Crippen LogP contribution is 2.26. The van der Waals surface area contributed by atoms with E-state index in [1.165, 1.54) is 11.3 Å². The average Bonchev–Trinajstić information content (AvgIpc) is 3.16. The van der Waals surface area contributed by atoms with Gasteiger partial charge in [0.05, 0.1) is 5.56 Å². The topological polar surface area (TPSA) is 101 Å². The molecular formula is C23H23N3O3S. The van der Waals surface area contributed by atoms with Crippen molar-refractivity contribution in [3.05, 3.63) is 81.7 Å². The van der Waals surface area contributed by atoms with Crippen molar-refractivity contribution < 1.29 is 14.4 Å². The number of amides is 3. The van der Waals surface area contributed by atoms with Gasteiger partial charge in [0, 0.05) is 16.8 Å². The Morgan fingerprint density at radius 2 is 1.60 bits per heavy atom. The number of benzene rings is 2. The lowest BCUT2D eigenvalue weighted by Gasteiger charge is -2.10. The SMILES string of the molecule is Cc1cc(NC(=O)c2ccsc2NC(=O)c2ccc(C(C)C)cc2)ccc1C(N)=O. The third-order valence-electron chi connectivity index (χ3n) is 4.73. The molecule has 0 saturated heterocycles. The molecular weight excluding hydrogens is 398 g/mol. The van der Waals surface area contributed by atoms with Crippen LogP contribution in [0.1, 0.15) is 62.0 Å². The summed E-state index contributed by atoms with van der Waals surface area (Å²) in [5.74, 6) is -0.763. The van der Waals surface area contributed by atoms with Gasteiger partial charge in [0.15, 0.2) is 0 Å². The number of nitrogens with one attached hydrogen (secondary N) is 2. The van der Waals surface area contributed by atoms with Crippen molar-refractivity contribution in [2.45, 2.75) is 26.7 Å². The number of primary amides is 1. The molecule has 3 amide bonds. The summed E-state index contributed by atoms with van der Waals surface area (Å²) in [6.07, 6.45) is 0. The van der Waals surface area contributed by atoms with Crippen LogP contribution in [-0.4, -0.2) is 17.7 Å². The molecule has 0 radical (unpaired) electrons. The van der Waals surface area contributed by atoms with Crippen LogP contribution in [0.4, 0.5) is 10.7 Å². The Bertz CT molecular complexity index is 1100. The summed E-state index contributed by atoms with van der Waals surface area (Å²) in [5, 5.41) is 7.82. The molecule has 6 nitrogen and oxygen atoms in total. The first-order valence-corrected chi connectivity index (χ1v) is 10.3. The van der Waals surface area contributed by atoms with Gasteiger partial charge in [0.1, 0.15) is 5.00 Å². The lowest BCUT2D eigenvalue weighted by atomic mass is 10.0. The summed E-state index contributed by atoms with van der Waals surface area (Å²) in [6, 6.07) is 13.9. The lowest BCUT2D eigenvalue weighted by molar-refractivity contribution is 0.0995. The van der Waals surface area contributed by atoms with E-state index in [9.17, 15) is 14.4 Å². The summed E-state index contributed by atoms with van der Waals surface area (Å²) in [7, 11) is 0. The zero-order valence-electron chi connectivity index (χ0n) is 17.0. The number of carbonyl (C=O) groups is 3. The molecule has 1 heterocycles. The van der Waals surface area contributed by atoms with Gasteiger partial charge >= 0.3 is 0 Å². The van der Waals surface area contributed by atoms with E-state index >= 15 is 0 Å². The number of thiophene rings is 1. The third-order valence-corrected chi connectivity index (χ3v) is 5.56. The van der Waals surface area contributed by atoms with Crippen LogP contribution in [0, 0.1) is 6.92 Å². The van der Waals surface area contributed by atoms with Gasteiger partial charge < -0.3 is 16.4 Å². The largest absolute Gasteiger partial charge is 0.366 e. The number of hydrogen-bond donors (Lipinski definition) is 3. The quantitative estimate of drug-likeness (QED) is 0.534. The molecule has 154 valence electrons. The van der Waals surface area contributed by atoms with Crippen LogP contribution in [0.3, 0.4) is 0 Å². The van der Waals surface area contributed by atoms with Crippen LogP contribution >= 0.6 is 11.3 Å². The van der Waals surface area contributed by atoms with E-state index in [1.807, 2.05) is 12.1 Å². The number of nitrogens with two attached hydrogens (primary N) is 1. The Balaban J connectivity index is 1.73. The predicted octanol–water partition coefficient (Wildman–Crippen LogP) is 4.78. The number of anilines is 2. The maximum atomic E-state index is 12.7. The number of carbonyl (C=O) groups excluding carboxylic acids is 3. The van der Waals surface area contributed by atoms with Crippen LogP contribution in [0.15, 0.2) is 53.9 Å². The van der Waals surface area contributed by atoms with Crippen molar-refractivity contribution >= 4 is 39.7 Å². The molecule has 0 spiro atoms. The van der Waals surface area contributed by atoms with Crippen LogP contribution in [0.25, 0.3) is 0 Å². The first kappa shape index (κ1) is 21.3. The van der Waals surface area contributed by atoms with Crippen molar-refractivity contribution in [1.82, 2.24) is 0 Å². The molecule has 3 aromatic rings. The molecule has 0 fully saturated rings. The second-order valence-electron chi connectivity index (χ2n) is 7.24. The molecule has 3 rings (SSSR count). The van der Waals surface area contributed by atoms with Crippen molar-refractivity contribution in [2.75, 3.05) is 10.6 Å². The minimum atomic E-state index is -0.519. The maximum absolute atomic E-state index is 12.7. The fraction of sp³-hybridized carbons (Fsp3) is 0.174.